The highest BCUT2D eigenvalue weighted by Gasteiger charge is 2.38. The molecule has 2 heterocycles. The third-order valence-corrected chi connectivity index (χ3v) is 6.04. The van der Waals surface area contributed by atoms with E-state index in [-0.39, 0.29) is 21.9 Å². The number of aromatic nitrogens is 1. The number of thioether (sulfide) groups is 1. The van der Waals surface area contributed by atoms with E-state index in [1.807, 2.05) is 0 Å². The van der Waals surface area contributed by atoms with Crippen molar-refractivity contribution in [2.45, 2.75) is 13.0 Å². The van der Waals surface area contributed by atoms with Gasteiger partial charge in [0.25, 0.3) is 5.91 Å². The van der Waals surface area contributed by atoms with E-state index in [0.717, 1.165) is 16.2 Å². The largest absolute Gasteiger partial charge is 0.507 e. The van der Waals surface area contributed by atoms with E-state index in [4.69, 9.17) is 12.2 Å². The van der Waals surface area contributed by atoms with Crippen LogP contribution in [0.5, 0.6) is 5.75 Å². The standard InChI is InChI=1S/C16H12BrN3O3S3/c1-8(13(22)19-15-18-4-5-25-15)20-14(23)12(26-16(20)24)7-9-6-10(17)2-3-11(9)21/h2-8,21H,1H3,(H,18,19,22)/b12-7-. The topological polar surface area (TPSA) is 82.5 Å². The number of hydrogen-bond acceptors (Lipinski definition) is 7. The molecule has 1 unspecified atom stereocenters. The van der Waals surface area contributed by atoms with Crippen LogP contribution < -0.4 is 5.32 Å². The Morgan fingerprint density at radius 1 is 1.50 bits per heavy atom. The molecule has 0 radical (unpaired) electrons. The summed E-state index contributed by atoms with van der Waals surface area (Å²) in [6, 6.07) is 4.14. The summed E-state index contributed by atoms with van der Waals surface area (Å²) in [5.74, 6) is -0.697. The normalized spacial score (nSPS) is 17.0. The van der Waals surface area contributed by atoms with Crippen LogP contribution in [0.3, 0.4) is 0 Å². The lowest BCUT2D eigenvalue weighted by atomic mass is 10.2. The van der Waals surface area contributed by atoms with Crippen molar-refractivity contribution in [2.75, 3.05) is 5.32 Å². The van der Waals surface area contributed by atoms with Crippen molar-refractivity contribution in [3.05, 3.63) is 44.7 Å². The number of phenols is 1. The van der Waals surface area contributed by atoms with Crippen LogP contribution in [-0.4, -0.2) is 37.2 Å². The predicted octanol–water partition coefficient (Wildman–Crippen LogP) is 3.84. The van der Waals surface area contributed by atoms with E-state index in [0.29, 0.717) is 15.6 Å². The Morgan fingerprint density at radius 2 is 2.27 bits per heavy atom. The van der Waals surface area contributed by atoms with Crippen molar-refractivity contribution < 1.29 is 14.7 Å². The summed E-state index contributed by atoms with van der Waals surface area (Å²) < 4.78 is 1.06. The molecule has 2 amide bonds. The average molecular weight is 470 g/mol. The van der Waals surface area contributed by atoms with Gasteiger partial charge in [-0.1, -0.05) is 39.9 Å². The van der Waals surface area contributed by atoms with Crippen LogP contribution in [0.4, 0.5) is 5.13 Å². The highest BCUT2D eigenvalue weighted by atomic mass is 79.9. The smallest absolute Gasteiger partial charge is 0.266 e. The van der Waals surface area contributed by atoms with Gasteiger partial charge in [0.2, 0.25) is 5.91 Å². The van der Waals surface area contributed by atoms with E-state index in [2.05, 4.69) is 26.2 Å². The molecule has 2 N–H and O–H groups in total. The molecule has 1 aliphatic heterocycles. The van der Waals surface area contributed by atoms with Gasteiger partial charge < -0.3 is 10.4 Å². The minimum absolute atomic E-state index is 0.0491. The van der Waals surface area contributed by atoms with Crippen molar-refractivity contribution in [2.24, 2.45) is 0 Å². The van der Waals surface area contributed by atoms with Crippen molar-refractivity contribution >= 4 is 78.6 Å². The first-order valence-electron chi connectivity index (χ1n) is 7.32. The lowest BCUT2D eigenvalue weighted by Gasteiger charge is -2.21. The summed E-state index contributed by atoms with van der Waals surface area (Å²) in [5, 5.41) is 14.8. The molecule has 134 valence electrons. The first-order chi connectivity index (χ1) is 12.4. The quantitative estimate of drug-likeness (QED) is 0.522. The number of anilines is 1. The number of halogens is 1. The van der Waals surface area contributed by atoms with Crippen molar-refractivity contribution in [1.29, 1.82) is 0 Å². The van der Waals surface area contributed by atoms with Gasteiger partial charge in [-0.05, 0) is 31.2 Å². The summed E-state index contributed by atoms with van der Waals surface area (Å²) in [6.07, 6.45) is 3.14. The molecule has 3 rings (SSSR count). The van der Waals surface area contributed by atoms with Gasteiger partial charge in [-0.2, -0.15) is 0 Å². The zero-order valence-electron chi connectivity index (χ0n) is 13.3. The second-order valence-electron chi connectivity index (χ2n) is 5.26. The number of thiocarbonyl (C=S) groups is 1. The lowest BCUT2D eigenvalue weighted by molar-refractivity contribution is -0.129. The molecule has 1 aliphatic rings. The zero-order valence-corrected chi connectivity index (χ0v) is 17.3. The molecule has 0 bridgehead atoms. The fourth-order valence-corrected chi connectivity index (χ4v) is 4.53. The highest BCUT2D eigenvalue weighted by molar-refractivity contribution is 9.10. The molecule has 1 saturated heterocycles. The number of phenolic OH excluding ortho intramolecular Hbond substituents is 1. The number of carbonyl (C=O) groups excluding carboxylic acids is 2. The van der Waals surface area contributed by atoms with E-state index in [1.165, 1.54) is 22.3 Å². The summed E-state index contributed by atoms with van der Waals surface area (Å²) in [4.78, 5) is 30.7. The SMILES string of the molecule is CC(C(=O)Nc1nccs1)N1C(=O)/C(=C/c2cc(Br)ccc2O)SC1=S. The number of carbonyl (C=O) groups is 2. The van der Waals surface area contributed by atoms with E-state index < -0.39 is 6.04 Å². The van der Waals surface area contributed by atoms with Gasteiger partial charge in [-0.3, -0.25) is 14.5 Å². The fourth-order valence-electron chi connectivity index (χ4n) is 2.21. The number of rotatable bonds is 4. The Labute approximate surface area is 171 Å². The number of amides is 2. The molecular formula is C16H12BrN3O3S3. The van der Waals surface area contributed by atoms with Gasteiger partial charge in [0, 0.05) is 21.6 Å². The van der Waals surface area contributed by atoms with E-state index >= 15 is 0 Å². The molecule has 26 heavy (non-hydrogen) atoms. The highest BCUT2D eigenvalue weighted by Crippen LogP contribution is 2.36. The van der Waals surface area contributed by atoms with Gasteiger partial charge >= 0.3 is 0 Å². The van der Waals surface area contributed by atoms with Crippen LogP contribution in [0, 0.1) is 0 Å². The average Bonchev–Trinajstić information content (AvgIpc) is 3.19. The molecule has 10 heteroatoms. The number of aromatic hydroxyl groups is 1. The first kappa shape index (κ1) is 19.0. The van der Waals surface area contributed by atoms with Crippen molar-refractivity contribution in [3.63, 3.8) is 0 Å². The summed E-state index contributed by atoms with van der Waals surface area (Å²) >= 11 is 11.0. The molecule has 1 fully saturated rings. The van der Waals surface area contributed by atoms with Crippen molar-refractivity contribution in [3.8, 4) is 5.75 Å². The van der Waals surface area contributed by atoms with Gasteiger partial charge in [0.1, 0.15) is 16.1 Å². The molecule has 1 aromatic heterocycles. The third kappa shape index (κ3) is 3.98. The number of nitrogens with one attached hydrogen (secondary N) is 1. The first-order valence-corrected chi connectivity index (χ1v) is 10.2. The van der Waals surface area contributed by atoms with Crippen LogP contribution in [0.25, 0.3) is 6.08 Å². The van der Waals surface area contributed by atoms with Crippen LogP contribution >= 0.6 is 51.2 Å². The summed E-state index contributed by atoms with van der Waals surface area (Å²) in [5.41, 5.74) is 0.486. The third-order valence-electron chi connectivity index (χ3n) is 3.53. The Kier molecular flexibility index (Phi) is 5.76. The second-order valence-corrected chi connectivity index (χ2v) is 8.74. The van der Waals surface area contributed by atoms with Crippen LogP contribution in [0.1, 0.15) is 12.5 Å². The molecule has 0 aliphatic carbocycles. The monoisotopic (exact) mass is 469 g/mol. The van der Waals surface area contributed by atoms with E-state index in [9.17, 15) is 14.7 Å². The molecule has 6 nitrogen and oxygen atoms in total. The Hall–Kier alpha value is -1.75. The minimum atomic E-state index is -0.784. The molecule has 1 atom stereocenters. The van der Waals surface area contributed by atoms with Gasteiger partial charge in [-0.25, -0.2) is 4.98 Å². The zero-order chi connectivity index (χ0) is 18.8. The number of thiazole rings is 1. The van der Waals surface area contributed by atoms with Crippen LogP contribution in [0.2, 0.25) is 0 Å². The second kappa shape index (κ2) is 7.87. The van der Waals surface area contributed by atoms with Crippen LogP contribution in [-0.2, 0) is 9.59 Å². The predicted molar refractivity (Wildman–Crippen MR) is 111 cm³/mol. The Balaban J connectivity index is 1.81. The van der Waals surface area contributed by atoms with Gasteiger partial charge in [-0.15, -0.1) is 11.3 Å². The number of nitrogens with zero attached hydrogens (tertiary/aromatic N) is 2. The maximum atomic E-state index is 12.7. The van der Waals surface area contributed by atoms with Gasteiger partial charge in [0.15, 0.2) is 5.13 Å². The molecule has 0 spiro atoms. The van der Waals surface area contributed by atoms with Crippen molar-refractivity contribution in [1.82, 2.24) is 9.88 Å². The van der Waals surface area contributed by atoms with Crippen LogP contribution in [0.15, 0.2) is 39.2 Å². The summed E-state index contributed by atoms with van der Waals surface area (Å²) in [7, 11) is 0. The molecule has 0 saturated carbocycles. The number of benzene rings is 1. The Bertz CT molecular complexity index is 915. The Morgan fingerprint density at radius 3 is 2.96 bits per heavy atom. The molecular weight excluding hydrogens is 458 g/mol. The fraction of sp³-hybridized carbons (Fsp3) is 0.125. The van der Waals surface area contributed by atoms with Gasteiger partial charge in [0.05, 0.1) is 4.91 Å². The maximum absolute atomic E-state index is 12.7. The number of hydrogen-bond donors (Lipinski definition) is 2. The minimum Gasteiger partial charge on any atom is -0.507 e. The van der Waals surface area contributed by atoms with E-state index in [1.54, 1.807) is 36.7 Å². The molecule has 1 aromatic carbocycles. The summed E-state index contributed by atoms with van der Waals surface area (Å²) in [6.45, 7) is 1.60. The molecule has 2 aromatic rings. The lowest BCUT2D eigenvalue weighted by Crippen LogP contribution is -2.44. The maximum Gasteiger partial charge on any atom is 0.266 e.